The zero-order chi connectivity index (χ0) is 14.3. The van der Waals surface area contributed by atoms with Crippen LogP contribution in [0.4, 0.5) is 5.69 Å². The minimum Gasteiger partial charge on any atom is -0.394 e. The van der Waals surface area contributed by atoms with E-state index in [2.05, 4.69) is 26.3 Å². The van der Waals surface area contributed by atoms with Crippen molar-refractivity contribution in [1.82, 2.24) is 9.78 Å². The number of carbonyl (C=O) groups is 1. The smallest absolute Gasteiger partial charge is 0.283 e. The van der Waals surface area contributed by atoms with Crippen molar-refractivity contribution in [3.63, 3.8) is 0 Å². The van der Waals surface area contributed by atoms with Gasteiger partial charge in [0.05, 0.1) is 31.6 Å². The minimum atomic E-state index is -0.533. The average molecular weight is 335 g/mol. The Morgan fingerprint density at radius 1 is 1.63 bits per heavy atom. The average Bonchev–Trinajstić information content (AvgIpc) is 2.37. The number of primary amides is 1. The predicted molar refractivity (Wildman–Crippen MR) is 71.8 cm³/mol. The standard InChI is InChI=1S/C10H15BrN4O4/c11-9-7(13-1-4-19-6-8(12)17)5-14-15(2-3-16)10(9)18/h5,13,16H,1-4,6H2,(H2,12,17). The summed E-state index contributed by atoms with van der Waals surface area (Å²) >= 11 is 3.16. The van der Waals surface area contributed by atoms with Crippen LogP contribution in [0.5, 0.6) is 0 Å². The van der Waals surface area contributed by atoms with Gasteiger partial charge in [-0.15, -0.1) is 0 Å². The van der Waals surface area contributed by atoms with Gasteiger partial charge in [0.2, 0.25) is 5.91 Å². The molecule has 0 fully saturated rings. The summed E-state index contributed by atoms with van der Waals surface area (Å²) in [4.78, 5) is 22.2. The van der Waals surface area contributed by atoms with E-state index in [1.54, 1.807) is 0 Å². The first kappa shape index (κ1) is 15.6. The highest BCUT2D eigenvalue weighted by atomic mass is 79.9. The lowest BCUT2D eigenvalue weighted by Crippen LogP contribution is -2.26. The van der Waals surface area contributed by atoms with Gasteiger partial charge >= 0.3 is 0 Å². The molecule has 0 aliphatic heterocycles. The molecule has 0 aliphatic carbocycles. The molecule has 1 amide bonds. The molecule has 1 heterocycles. The highest BCUT2D eigenvalue weighted by Crippen LogP contribution is 2.15. The molecule has 1 aromatic heterocycles. The number of amides is 1. The zero-order valence-electron chi connectivity index (χ0n) is 10.1. The molecule has 0 unspecified atom stereocenters. The van der Waals surface area contributed by atoms with Crippen molar-refractivity contribution in [1.29, 1.82) is 0 Å². The van der Waals surface area contributed by atoms with E-state index < -0.39 is 5.91 Å². The number of nitrogens with one attached hydrogen (secondary N) is 1. The van der Waals surface area contributed by atoms with Gasteiger partial charge in [-0.05, 0) is 15.9 Å². The fraction of sp³-hybridized carbons (Fsp3) is 0.500. The van der Waals surface area contributed by atoms with Crippen LogP contribution >= 0.6 is 15.9 Å². The van der Waals surface area contributed by atoms with E-state index in [1.165, 1.54) is 6.20 Å². The first-order valence-corrected chi connectivity index (χ1v) is 6.32. The number of halogens is 1. The van der Waals surface area contributed by atoms with Gasteiger partial charge in [0.25, 0.3) is 5.56 Å². The molecule has 0 saturated carbocycles. The fourth-order valence-electron chi connectivity index (χ4n) is 1.27. The first-order valence-electron chi connectivity index (χ1n) is 5.52. The Bertz CT molecular complexity index is 491. The Balaban J connectivity index is 2.53. The number of aromatic nitrogens is 2. The molecule has 0 bridgehead atoms. The molecule has 0 spiro atoms. The van der Waals surface area contributed by atoms with Gasteiger partial charge in [0, 0.05) is 6.54 Å². The Morgan fingerprint density at radius 3 is 3.00 bits per heavy atom. The van der Waals surface area contributed by atoms with Crippen molar-refractivity contribution in [2.45, 2.75) is 6.54 Å². The van der Waals surface area contributed by atoms with Crippen molar-refractivity contribution in [2.24, 2.45) is 5.73 Å². The molecule has 106 valence electrons. The van der Waals surface area contributed by atoms with E-state index in [9.17, 15) is 9.59 Å². The SMILES string of the molecule is NC(=O)COCCNc1cnn(CCO)c(=O)c1Br. The Kier molecular flexibility index (Phi) is 6.46. The van der Waals surface area contributed by atoms with Gasteiger partial charge in [-0.2, -0.15) is 5.10 Å². The van der Waals surface area contributed by atoms with Gasteiger partial charge in [-0.25, -0.2) is 4.68 Å². The molecule has 4 N–H and O–H groups in total. The second kappa shape index (κ2) is 7.87. The van der Waals surface area contributed by atoms with Crippen LogP contribution < -0.4 is 16.6 Å². The number of aliphatic hydroxyl groups excluding tert-OH is 1. The monoisotopic (exact) mass is 334 g/mol. The number of hydrogen-bond donors (Lipinski definition) is 3. The van der Waals surface area contributed by atoms with E-state index in [-0.39, 0.29) is 31.9 Å². The maximum absolute atomic E-state index is 11.8. The van der Waals surface area contributed by atoms with E-state index in [1.807, 2.05) is 0 Å². The summed E-state index contributed by atoms with van der Waals surface area (Å²) in [7, 11) is 0. The Morgan fingerprint density at radius 2 is 2.37 bits per heavy atom. The lowest BCUT2D eigenvalue weighted by atomic mass is 10.4. The molecule has 0 saturated heterocycles. The molecule has 1 rings (SSSR count). The molecule has 8 nitrogen and oxygen atoms in total. The first-order chi connectivity index (χ1) is 9.06. The largest absolute Gasteiger partial charge is 0.394 e. The van der Waals surface area contributed by atoms with Crippen molar-refractivity contribution in [3.05, 3.63) is 21.0 Å². The molecule has 9 heteroatoms. The van der Waals surface area contributed by atoms with E-state index in [0.717, 1.165) is 4.68 Å². The number of ether oxygens (including phenoxy) is 1. The summed E-state index contributed by atoms with van der Waals surface area (Å²) in [5.41, 5.74) is 5.09. The molecule has 0 aliphatic rings. The van der Waals surface area contributed by atoms with E-state index in [4.69, 9.17) is 15.6 Å². The summed E-state index contributed by atoms with van der Waals surface area (Å²) < 4.78 is 6.44. The number of aliphatic hydroxyl groups is 1. The quantitative estimate of drug-likeness (QED) is 0.520. The van der Waals surface area contributed by atoms with Crippen LogP contribution in [0.2, 0.25) is 0 Å². The number of hydrogen-bond acceptors (Lipinski definition) is 6. The van der Waals surface area contributed by atoms with Crippen LogP contribution in [0, 0.1) is 0 Å². The van der Waals surface area contributed by atoms with Crippen LogP contribution in [0.15, 0.2) is 15.5 Å². The Hall–Kier alpha value is -1.45. The number of anilines is 1. The molecule has 0 radical (unpaired) electrons. The molecule has 19 heavy (non-hydrogen) atoms. The molecule has 0 atom stereocenters. The second-order valence-electron chi connectivity index (χ2n) is 3.57. The van der Waals surface area contributed by atoms with E-state index >= 15 is 0 Å². The normalized spacial score (nSPS) is 10.4. The highest BCUT2D eigenvalue weighted by molar-refractivity contribution is 9.10. The number of nitrogens with two attached hydrogens (primary N) is 1. The minimum absolute atomic E-state index is 0.138. The molecule has 1 aromatic rings. The maximum atomic E-state index is 11.8. The maximum Gasteiger partial charge on any atom is 0.283 e. The summed E-state index contributed by atoms with van der Waals surface area (Å²) in [5.74, 6) is -0.533. The highest BCUT2D eigenvalue weighted by Gasteiger charge is 2.07. The van der Waals surface area contributed by atoms with Gasteiger partial charge in [0.15, 0.2) is 0 Å². The third-order valence-corrected chi connectivity index (χ3v) is 2.87. The van der Waals surface area contributed by atoms with Crippen LogP contribution in [0.3, 0.4) is 0 Å². The van der Waals surface area contributed by atoms with E-state index in [0.29, 0.717) is 16.7 Å². The van der Waals surface area contributed by atoms with Gasteiger partial charge in [-0.1, -0.05) is 0 Å². The Labute approximate surface area is 117 Å². The van der Waals surface area contributed by atoms with Crippen LogP contribution in [0.25, 0.3) is 0 Å². The lowest BCUT2D eigenvalue weighted by Gasteiger charge is -2.09. The van der Waals surface area contributed by atoms with Crippen LogP contribution in [0.1, 0.15) is 0 Å². The number of rotatable bonds is 8. The molecular formula is C10H15BrN4O4. The van der Waals surface area contributed by atoms with Gasteiger partial charge in [0.1, 0.15) is 11.1 Å². The fourth-order valence-corrected chi connectivity index (χ4v) is 1.72. The topological polar surface area (TPSA) is 119 Å². The van der Waals surface area contributed by atoms with Crippen LogP contribution in [-0.2, 0) is 16.1 Å². The number of nitrogens with zero attached hydrogens (tertiary/aromatic N) is 2. The lowest BCUT2D eigenvalue weighted by molar-refractivity contribution is -0.122. The van der Waals surface area contributed by atoms with Gasteiger partial charge in [-0.3, -0.25) is 9.59 Å². The molecular weight excluding hydrogens is 320 g/mol. The van der Waals surface area contributed by atoms with Crippen molar-refractivity contribution < 1.29 is 14.6 Å². The zero-order valence-corrected chi connectivity index (χ0v) is 11.7. The summed E-state index contributed by atoms with van der Waals surface area (Å²) in [5, 5.41) is 15.6. The summed E-state index contributed by atoms with van der Waals surface area (Å²) in [6.07, 6.45) is 1.47. The van der Waals surface area contributed by atoms with Crippen molar-refractivity contribution in [2.75, 3.05) is 31.7 Å². The summed E-state index contributed by atoms with van der Waals surface area (Å²) in [6, 6.07) is 0. The van der Waals surface area contributed by atoms with Gasteiger partial charge < -0.3 is 20.9 Å². The van der Waals surface area contributed by atoms with Crippen molar-refractivity contribution >= 4 is 27.5 Å². The summed E-state index contributed by atoms with van der Waals surface area (Å²) in [6.45, 7) is 0.512. The third-order valence-electron chi connectivity index (χ3n) is 2.10. The number of carbonyl (C=O) groups excluding carboxylic acids is 1. The van der Waals surface area contributed by atoms with Crippen molar-refractivity contribution in [3.8, 4) is 0 Å². The molecule has 0 aromatic carbocycles. The second-order valence-corrected chi connectivity index (χ2v) is 4.36. The third kappa shape index (κ3) is 4.97. The predicted octanol–water partition coefficient (Wildman–Crippen LogP) is -1.09. The van der Waals surface area contributed by atoms with Crippen LogP contribution in [-0.4, -0.2) is 47.2 Å².